The van der Waals surface area contributed by atoms with Crippen molar-refractivity contribution in [2.75, 3.05) is 5.32 Å². The smallest absolute Gasteiger partial charge is 0.406 e. The summed E-state index contributed by atoms with van der Waals surface area (Å²) in [4.78, 5) is 0. The van der Waals surface area contributed by atoms with Gasteiger partial charge in [0.1, 0.15) is 23.5 Å². The average molecular weight is 458 g/mol. The summed E-state index contributed by atoms with van der Waals surface area (Å²) in [6.45, 7) is 0. The largest absolute Gasteiger partial charge is 0.573 e. The quantitative estimate of drug-likeness (QED) is 0.543. The Labute approximate surface area is 134 Å². The maximum atomic E-state index is 12.2. The zero-order valence-electron chi connectivity index (χ0n) is 9.42. The predicted octanol–water partition coefficient (Wildman–Crippen LogP) is 4.30. The van der Waals surface area contributed by atoms with Crippen molar-refractivity contribution < 1.29 is 17.9 Å². The molecule has 0 saturated carbocycles. The maximum absolute atomic E-state index is 12.2. The lowest BCUT2D eigenvalue weighted by atomic mass is 10.3. The summed E-state index contributed by atoms with van der Waals surface area (Å²) in [7, 11) is 0. The lowest BCUT2D eigenvalue weighted by Gasteiger charge is -2.12. The topological polar surface area (TPSA) is 68.8 Å². The number of hydrogen-bond donors (Lipinski definition) is 1. The molecule has 0 aliphatic heterocycles. The molecule has 1 N–H and O–H groups in total. The third kappa shape index (κ3) is 4.90. The molecule has 0 aromatic heterocycles. The van der Waals surface area contributed by atoms with Crippen molar-refractivity contribution in [3.05, 3.63) is 31.9 Å². The van der Waals surface area contributed by atoms with Crippen molar-refractivity contribution in [1.82, 2.24) is 0 Å². The summed E-state index contributed by atoms with van der Waals surface area (Å²) in [6, 6.07) is 5.52. The SMILES string of the molecule is N#CC(C#N)=CNc1cc(OC(F)(F)F)cc(Br)c1I. The van der Waals surface area contributed by atoms with Crippen LogP contribution in [-0.2, 0) is 0 Å². The van der Waals surface area contributed by atoms with Crippen molar-refractivity contribution in [1.29, 1.82) is 10.5 Å². The van der Waals surface area contributed by atoms with Crippen LogP contribution in [-0.4, -0.2) is 6.36 Å². The highest BCUT2D eigenvalue weighted by molar-refractivity contribution is 14.1. The monoisotopic (exact) mass is 457 g/mol. The highest BCUT2D eigenvalue weighted by Gasteiger charge is 2.31. The molecule has 0 radical (unpaired) electrons. The Balaban J connectivity index is 3.11. The van der Waals surface area contributed by atoms with E-state index in [1.807, 2.05) is 22.6 Å². The molecule has 0 amide bonds. The number of ether oxygens (including phenoxy) is 1. The van der Waals surface area contributed by atoms with Gasteiger partial charge in [0.2, 0.25) is 0 Å². The van der Waals surface area contributed by atoms with Crippen molar-refractivity contribution in [2.24, 2.45) is 0 Å². The van der Waals surface area contributed by atoms with Crippen LogP contribution >= 0.6 is 38.5 Å². The fourth-order valence-electron chi connectivity index (χ4n) is 1.10. The van der Waals surface area contributed by atoms with E-state index < -0.39 is 12.1 Å². The predicted molar refractivity (Wildman–Crippen MR) is 76.5 cm³/mol. The molecule has 0 heterocycles. The van der Waals surface area contributed by atoms with Crippen LogP contribution < -0.4 is 10.1 Å². The number of hydrogen-bond acceptors (Lipinski definition) is 4. The van der Waals surface area contributed by atoms with Crippen LogP contribution in [0.25, 0.3) is 0 Å². The van der Waals surface area contributed by atoms with Crippen LogP contribution in [0.3, 0.4) is 0 Å². The van der Waals surface area contributed by atoms with Crippen LogP contribution in [0.1, 0.15) is 0 Å². The van der Waals surface area contributed by atoms with Crippen molar-refractivity contribution >= 4 is 44.2 Å². The lowest BCUT2D eigenvalue weighted by molar-refractivity contribution is -0.274. The van der Waals surface area contributed by atoms with Crippen LogP contribution in [0.2, 0.25) is 0 Å². The minimum Gasteiger partial charge on any atom is -0.406 e. The molecule has 0 atom stereocenters. The summed E-state index contributed by atoms with van der Waals surface area (Å²) in [5.74, 6) is -0.420. The Morgan fingerprint density at radius 1 is 1.35 bits per heavy atom. The van der Waals surface area contributed by atoms with Crippen LogP contribution in [0, 0.1) is 26.2 Å². The van der Waals surface area contributed by atoms with Crippen LogP contribution in [0.4, 0.5) is 18.9 Å². The number of anilines is 1. The molecule has 9 heteroatoms. The lowest BCUT2D eigenvalue weighted by Crippen LogP contribution is -2.17. The third-order valence-corrected chi connectivity index (χ3v) is 4.38. The van der Waals surface area contributed by atoms with Gasteiger partial charge in [0.05, 0.1) is 9.26 Å². The van der Waals surface area contributed by atoms with Gasteiger partial charge < -0.3 is 10.1 Å². The molecule has 104 valence electrons. The van der Waals surface area contributed by atoms with Gasteiger partial charge in [-0.25, -0.2) is 0 Å². The van der Waals surface area contributed by atoms with Crippen molar-refractivity contribution in [3.63, 3.8) is 0 Å². The molecule has 1 aromatic carbocycles. The summed E-state index contributed by atoms with van der Waals surface area (Å²) in [6.07, 6.45) is -3.70. The summed E-state index contributed by atoms with van der Waals surface area (Å²) in [5.41, 5.74) is 0.0568. The standard InChI is InChI=1S/C11H4BrF3IN3O/c12-8-1-7(20-11(13,14)15)2-9(10(8)16)19-5-6(3-17)4-18/h1-2,5,19H. The molecule has 0 fully saturated rings. The minimum absolute atomic E-state index is 0.209. The molecule has 1 rings (SSSR count). The van der Waals surface area contributed by atoms with E-state index in [0.717, 1.165) is 12.3 Å². The first-order chi connectivity index (χ1) is 9.26. The van der Waals surface area contributed by atoms with Gasteiger partial charge in [-0.15, -0.1) is 13.2 Å². The van der Waals surface area contributed by atoms with Gasteiger partial charge in [-0.2, -0.15) is 10.5 Å². The molecule has 4 nitrogen and oxygen atoms in total. The molecule has 0 saturated heterocycles. The Kier molecular flexibility index (Phi) is 5.65. The Bertz CT molecular complexity index is 616. The molecule has 1 aromatic rings. The fourth-order valence-corrected chi connectivity index (χ4v) is 2.01. The number of nitriles is 2. The number of halogens is 5. The first-order valence-electron chi connectivity index (χ1n) is 4.78. The first kappa shape index (κ1) is 16.6. The molecule has 0 unspecified atom stereocenters. The number of allylic oxidation sites excluding steroid dienone is 1. The fraction of sp³-hybridized carbons (Fsp3) is 0.0909. The van der Waals surface area contributed by atoms with Gasteiger partial charge in [0.25, 0.3) is 0 Å². The van der Waals surface area contributed by atoms with Gasteiger partial charge in [0.15, 0.2) is 0 Å². The molecule has 20 heavy (non-hydrogen) atoms. The highest BCUT2D eigenvalue weighted by atomic mass is 127. The first-order valence-corrected chi connectivity index (χ1v) is 6.65. The minimum atomic E-state index is -4.80. The number of nitrogens with one attached hydrogen (secondary N) is 1. The van der Waals surface area contributed by atoms with Crippen LogP contribution in [0.15, 0.2) is 28.4 Å². The summed E-state index contributed by atoms with van der Waals surface area (Å²) < 4.78 is 41.3. The Hall–Kier alpha value is -1.46. The third-order valence-electron chi connectivity index (χ3n) is 1.85. The highest BCUT2D eigenvalue weighted by Crippen LogP contribution is 2.34. The maximum Gasteiger partial charge on any atom is 0.573 e. The van der Waals surface area contributed by atoms with E-state index in [-0.39, 0.29) is 11.3 Å². The van der Waals surface area contributed by atoms with Gasteiger partial charge in [-0.1, -0.05) is 0 Å². The number of nitrogens with zero attached hydrogens (tertiary/aromatic N) is 2. The van der Waals surface area contributed by atoms with E-state index >= 15 is 0 Å². The van der Waals surface area contributed by atoms with Gasteiger partial charge in [-0.05, 0) is 44.6 Å². The number of rotatable bonds is 3. The van der Waals surface area contributed by atoms with E-state index in [1.54, 1.807) is 12.1 Å². The van der Waals surface area contributed by atoms with Gasteiger partial charge >= 0.3 is 6.36 Å². The van der Waals surface area contributed by atoms with Crippen LogP contribution in [0.5, 0.6) is 5.75 Å². The second-order valence-corrected chi connectivity index (χ2v) is 5.17. The number of benzene rings is 1. The second-order valence-electron chi connectivity index (χ2n) is 3.24. The zero-order chi connectivity index (χ0) is 15.3. The van der Waals surface area contributed by atoms with E-state index in [2.05, 4.69) is 26.0 Å². The average Bonchev–Trinajstić information content (AvgIpc) is 2.34. The van der Waals surface area contributed by atoms with E-state index in [4.69, 9.17) is 10.5 Å². The van der Waals surface area contributed by atoms with Crippen molar-refractivity contribution in [3.8, 4) is 17.9 Å². The Morgan fingerprint density at radius 3 is 2.45 bits per heavy atom. The molecule has 0 bridgehead atoms. The normalized spacial score (nSPS) is 10.2. The van der Waals surface area contributed by atoms with Gasteiger partial charge in [0, 0.05) is 16.7 Å². The Morgan fingerprint density at radius 2 is 1.95 bits per heavy atom. The second kappa shape index (κ2) is 6.81. The van der Waals surface area contributed by atoms with E-state index in [9.17, 15) is 13.2 Å². The zero-order valence-corrected chi connectivity index (χ0v) is 13.2. The molecule has 0 aliphatic carbocycles. The molecular formula is C11H4BrF3IN3O. The summed E-state index contributed by atoms with van der Waals surface area (Å²) >= 11 is 4.99. The molecule has 0 spiro atoms. The molecule has 0 aliphatic rings. The number of alkyl halides is 3. The molecular weight excluding hydrogens is 454 g/mol. The van der Waals surface area contributed by atoms with E-state index in [0.29, 0.717) is 8.04 Å². The van der Waals surface area contributed by atoms with E-state index in [1.165, 1.54) is 6.07 Å². The van der Waals surface area contributed by atoms with Gasteiger partial charge in [-0.3, -0.25) is 0 Å². The summed E-state index contributed by atoms with van der Waals surface area (Å²) in [5, 5.41) is 19.7. The van der Waals surface area contributed by atoms with Crippen molar-refractivity contribution in [2.45, 2.75) is 6.36 Å².